The number of aromatic nitrogens is 1. The number of fused-ring (bicyclic) bond motifs is 10. The Hall–Kier alpha value is -7.40. The molecule has 62 heavy (non-hydrogen) atoms. The summed E-state index contributed by atoms with van der Waals surface area (Å²) in [7, 11) is 0. The fourth-order valence-corrected chi connectivity index (χ4v) is 11.1. The Labute approximate surface area is 365 Å². The van der Waals surface area contributed by atoms with Crippen LogP contribution in [-0.2, 0) is 0 Å². The lowest BCUT2D eigenvalue weighted by molar-refractivity contribution is 1.26. The molecule has 296 valence electrons. The molecule has 0 saturated heterocycles. The van der Waals surface area contributed by atoms with Crippen molar-refractivity contribution in [1.29, 1.82) is 0 Å². The zero-order valence-electron chi connectivity index (χ0n) is 35.1. The monoisotopic (exact) mass is 813 g/mol. The van der Waals surface area contributed by atoms with Gasteiger partial charge in [0.15, 0.2) is 0 Å². The standard InChI is InChI=1S/C58H43N3S/c1-36-12-8-18-43(28-36)59(44-19-9-13-37(2)29-44)47-24-22-42-33-51-49-26-25-48(60(45-20-10-14-38(3)30-45)46-21-11-15-39(4)31-46)35-53(49)61-56(51)55(50(42)34-47)58-57(61)52-32-41(23-27-54(52)62-58)40-16-6-5-7-17-40/h5-35H,1-4H3. The average Bonchev–Trinajstić information content (AvgIpc) is 3.92. The lowest BCUT2D eigenvalue weighted by Gasteiger charge is -2.26. The van der Waals surface area contributed by atoms with Crippen LogP contribution >= 0.6 is 11.3 Å². The van der Waals surface area contributed by atoms with Gasteiger partial charge in [0.2, 0.25) is 0 Å². The lowest BCUT2D eigenvalue weighted by atomic mass is 10.0. The minimum Gasteiger partial charge on any atom is -0.310 e. The van der Waals surface area contributed by atoms with Crippen molar-refractivity contribution in [3.8, 4) is 11.1 Å². The quantitative estimate of drug-likeness (QED) is 0.159. The Morgan fingerprint density at radius 1 is 0.371 bits per heavy atom. The Bertz CT molecular complexity index is 3610. The Morgan fingerprint density at radius 2 is 0.919 bits per heavy atom. The molecule has 0 fully saturated rings. The Kier molecular flexibility index (Phi) is 8.28. The summed E-state index contributed by atoms with van der Waals surface area (Å²) >= 11 is 1.92. The van der Waals surface area contributed by atoms with Gasteiger partial charge in [-0.15, -0.1) is 11.3 Å². The molecule has 0 saturated carbocycles. The van der Waals surface area contributed by atoms with Crippen molar-refractivity contribution in [1.82, 2.24) is 4.40 Å². The van der Waals surface area contributed by atoms with E-state index in [-0.39, 0.29) is 0 Å². The van der Waals surface area contributed by atoms with Crippen LogP contribution in [0.4, 0.5) is 34.1 Å². The first kappa shape index (κ1) is 36.5. The molecule has 0 aliphatic heterocycles. The van der Waals surface area contributed by atoms with Crippen molar-refractivity contribution in [2.45, 2.75) is 27.7 Å². The number of hydrogen-bond acceptors (Lipinski definition) is 3. The summed E-state index contributed by atoms with van der Waals surface area (Å²) in [5.41, 5.74) is 18.0. The highest BCUT2D eigenvalue weighted by atomic mass is 32.1. The number of rotatable bonds is 7. The number of aryl methyl sites for hydroxylation is 4. The summed E-state index contributed by atoms with van der Waals surface area (Å²) in [5, 5.41) is 7.64. The third-order valence-corrected chi connectivity index (χ3v) is 13.8. The fraction of sp³-hybridized carbons (Fsp3) is 0.0690. The molecular formula is C58H43N3S. The van der Waals surface area contributed by atoms with Crippen LogP contribution in [0, 0.1) is 27.7 Å². The Balaban J connectivity index is 1.18. The van der Waals surface area contributed by atoms with Gasteiger partial charge in [-0.05, 0) is 163 Å². The largest absolute Gasteiger partial charge is 0.310 e. The molecule has 12 rings (SSSR count). The maximum absolute atomic E-state index is 2.60. The van der Waals surface area contributed by atoms with Crippen molar-refractivity contribution in [2.75, 3.05) is 9.80 Å². The third-order valence-electron chi connectivity index (χ3n) is 12.6. The summed E-state index contributed by atoms with van der Waals surface area (Å²) in [4.78, 5) is 4.82. The van der Waals surface area contributed by atoms with Gasteiger partial charge in [-0.3, -0.25) is 0 Å². The van der Waals surface area contributed by atoms with E-state index in [4.69, 9.17) is 0 Å². The highest BCUT2D eigenvalue weighted by Gasteiger charge is 2.26. The molecule has 0 atom stereocenters. The minimum atomic E-state index is 1.13. The molecule has 0 amide bonds. The number of nitrogens with zero attached hydrogens (tertiary/aromatic N) is 3. The van der Waals surface area contributed by atoms with Crippen molar-refractivity contribution >= 4 is 104 Å². The molecule has 12 aromatic rings. The molecule has 4 heteroatoms. The number of thiophene rings is 1. The maximum atomic E-state index is 2.60. The summed E-state index contributed by atoms with van der Waals surface area (Å²) < 4.78 is 5.22. The van der Waals surface area contributed by atoms with E-state index in [2.05, 4.69) is 230 Å². The smallest absolute Gasteiger partial charge is 0.0728 e. The molecule has 0 N–H and O–H groups in total. The topological polar surface area (TPSA) is 10.9 Å². The molecular weight excluding hydrogens is 771 g/mol. The summed E-state index contributed by atoms with van der Waals surface area (Å²) in [6.07, 6.45) is 0. The van der Waals surface area contributed by atoms with Crippen molar-refractivity contribution in [3.63, 3.8) is 0 Å². The maximum Gasteiger partial charge on any atom is 0.0728 e. The van der Waals surface area contributed by atoms with Crippen LogP contribution in [0.3, 0.4) is 0 Å². The van der Waals surface area contributed by atoms with Crippen LogP contribution in [-0.4, -0.2) is 4.40 Å². The van der Waals surface area contributed by atoms with Crippen LogP contribution in [0.1, 0.15) is 22.3 Å². The molecule has 0 spiro atoms. The van der Waals surface area contributed by atoms with Crippen molar-refractivity contribution in [3.05, 3.63) is 210 Å². The SMILES string of the molecule is Cc1cccc(N(c2cccc(C)c2)c2ccc3cc4c5ccc(N(c6cccc(C)c6)c6cccc(C)c6)cc5n5c6c7cc(-c8ccccc8)ccc7sc6c(c3c2)c45)c1. The van der Waals surface area contributed by atoms with Gasteiger partial charge in [-0.2, -0.15) is 0 Å². The van der Waals surface area contributed by atoms with Crippen LogP contribution in [0.5, 0.6) is 0 Å². The molecule has 0 aliphatic carbocycles. The van der Waals surface area contributed by atoms with Crippen molar-refractivity contribution in [2.24, 2.45) is 0 Å². The molecule has 0 aliphatic rings. The van der Waals surface area contributed by atoms with E-state index in [1.165, 1.54) is 91.6 Å². The first-order chi connectivity index (χ1) is 30.4. The van der Waals surface area contributed by atoms with E-state index >= 15 is 0 Å². The summed E-state index contributed by atoms with van der Waals surface area (Å²) in [6.45, 7) is 8.69. The summed E-state index contributed by atoms with van der Waals surface area (Å²) in [6, 6.07) is 69.8. The van der Waals surface area contributed by atoms with Crippen LogP contribution in [0.2, 0.25) is 0 Å². The van der Waals surface area contributed by atoms with E-state index in [0.29, 0.717) is 0 Å². The molecule has 0 unspecified atom stereocenters. The predicted molar refractivity (Wildman–Crippen MR) is 268 cm³/mol. The first-order valence-electron chi connectivity index (χ1n) is 21.4. The van der Waals surface area contributed by atoms with E-state index in [1.54, 1.807) is 0 Å². The third kappa shape index (κ3) is 5.78. The van der Waals surface area contributed by atoms with Gasteiger partial charge in [0.05, 0.1) is 21.3 Å². The predicted octanol–water partition coefficient (Wildman–Crippen LogP) is 17.0. The van der Waals surface area contributed by atoms with Gasteiger partial charge in [0, 0.05) is 60.4 Å². The highest BCUT2D eigenvalue weighted by Crippen LogP contribution is 2.51. The number of hydrogen-bond donors (Lipinski definition) is 0. The lowest BCUT2D eigenvalue weighted by Crippen LogP contribution is -2.10. The second-order valence-corrected chi connectivity index (χ2v) is 18.0. The van der Waals surface area contributed by atoms with E-state index in [1.807, 2.05) is 11.3 Å². The van der Waals surface area contributed by atoms with Crippen LogP contribution in [0.25, 0.3) is 69.4 Å². The van der Waals surface area contributed by atoms with E-state index in [9.17, 15) is 0 Å². The van der Waals surface area contributed by atoms with Gasteiger partial charge in [-0.25, -0.2) is 0 Å². The normalized spacial score (nSPS) is 11.9. The second-order valence-electron chi connectivity index (χ2n) is 17.0. The molecule has 9 aromatic carbocycles. The summed E-state index contributed by atoms with van der Waals surface area (Å²) in [5.74, 6) is 0. The second kappa shape index (κ2) is 14.1. The average molecular weight is 814 g/mol. The van der Waals surface area contributed by atoms with E-state index < -0.39 is 0 Å². The molecule has 3 heterocycles. The molecule has 3 nitrogen and oxygen atoms in total. The first-order valence-corrected chi connectivity index (χ1v) is 22.2. The zero-order valence-corrected chi connectivity index (χ0v) is 36.0. The van der Waals surface area contributed by atoms with E-state index in [0.717, 1.165) is 34.1 Å². The van der Waals surface area contributed by atoms with Gasteiger partial charge < -0.3 is 14.2 Å². The fourth-order valence-electron chi connectivity index (χ4n) is 9.85. The molecule has 0 bridgehead atoms. The Morgan fingerprint density at radius 3 is 1.50 bits per heavy atom. The van der Waals surface area contributed by atoms with Crippen LogP contribution < -0.4 is 9.80 Å². The van der Waals surface area contributed by atoms with Gasteiger partial charge in [-0.1, -0.05) is 97.1 Å². The van der Waals surface area contributed by atoms with Gasteiger partial charge >= 0.3 is 0 Å². The molecule has 3 aromatic heterocycles. The highest BCUT2D eigenvalue weighted by molar-refractivity contribution is 7.26. The number of benzene rings is 9. The van der Waals surface area contributed by atoms with Crippen molar-refractivity contribution < 1.29 is 0 Å². The van der Waals surface area contributed by atoms with Gasteiger partial charge in [0.25, 0.3) is 0 Å². The molecule has 0 radical (unpaired) electrons. The zero-order chi connectivity index (χ0) is 41.6. The van der Waals surface area contributed by atoms with Crippen LogP contribution in [0.15, 0.2) is 188 Å². The van der Waals surface area contributed by atoms with Gasteiger partial charge in [0.1, 0.15) is 0 Å². The minimum absolute atomic E-state index is 1.13. The number of anilines is 6.